The molecule has 3 rings (SSSR count). The van der Waals surface area contributed by atoms with Gasteiger partial charge in [-0.1, -0.05) is 30.3 Å². The smallest absolute Gasteiger partial charge is 0.270 e. The molecule has 1 amide bonds. The number of rotatable bonds is 6. The van der Waals surface area contributed by atoms with E-state index in [9.17, 15) is 4.79 Å². The first-order valence-electron chi connectivity index (χ1n) is 8.19. The highest BCUT2D eigenvalue weighted by Gasteiger charge is 2.11. The molecule has 0 saturated carbocycles. The molecular weight excluding hydrogens is 342 g/mol. The fourth-order valence-corrected chi connectivity index (χ4v) is 2.49. The number of carbonyl (C=O) groups excluding carboxylic acids is 1. The largest absolute Gasteiger partial charge is 0.496 e. The normalized spacial score (nSPS) is 9.93. The van der Waals surface area contributed by atoms with Gasteiger partial charge in [-0.3, -0.25) is 4.79 Å². The molecule has 0 unspecified atom stereocenters. The van der Waals surface area contributed by atoms with Gasteiger partial charge in [-0.05, 0) is 18.2 Å². The lowest BCUT2D eigenvalue weighted by Gasteiger charge is -2.10. The van der Waals surface area contributed by atoms with Gasteiger partial charge in [0.05, 0.1) is 18.4 Å². The lowest BCUT2D eigenvalue weighted by molar-refractivity contribution is 0.0945. The third-order valence-electron chi connectivity index (χ3n) is 3.84. The molecule has 0 fully saturated rings. The maximum atomic E-state index is 12.4. The van der Waals surface area contributed by atoms with Crippen LogP contribution in [0.3, 0.4) is 0 Å². The van der Waals surface area contributed by atoms with Gasteiger partial charge in [0.15, 0.2) is 0 Å². The average molecular weight is 359 g/mol. The van der Waals surface area contributed by atoms with Crippen molar-refractivity contribution in [1.29, 1.82) is 5.26 Å². The van der Waals surface area contributed by atoms with E-state index in [0.29, 0.717) is 29.4 Å². The molecule has 7 nitrogen and oxygen atoms in total. The first-order valence-corrected chi connectivity index (χ1v) is 8.19. The summed E-state index contributed by atoms with van der Waals surface area (Å²) in [6.07, 6.45) is 1.30. The van der Waals surface area contributed by atoms with Crippen LogP contribution < -0.4 is 15.4 Å². The number of nitriles is 1. The molecule has 3 aromatic rings. The molecule has 0 aliphatic rings. The first kappa shape index (κ1) is 17.9. The number of amides is 1. The molecular formula is C20H17N5O2. The van der Waals surface area contributed by atoms with E-state index in [4.69, 9.17) is 10.00 Å². The van der Waals surface area contributed by atoms with Gasteiger partial charge in [0.2, 0.25) is 0 Å². The van der Waals surface area contributed by atoms with E-state index in [1.165, 1.54) is 12.4 Å². The topological polar surface area (TPSA) is 99.9 Å². The van der Waals surface area contributed by atoms with Crippen LogP contribution in [0.4, 0.5) is 11.5 Å². The number of nitrogens with zero attached hydrogens (tertiary/aromatic N) is 3. The zero-order valence-corrected chi connectivity index (χ0v) is 14.6. The van der Waals surface area contributed by atoms with Crippen molar-refractivity contribution < 1.29 is 9.53 Å². The molecule has 2 aromatic carbocycles. The predicted molar refractivity (Wildman–Crippen MR) is 101 cm³/mol. The van der Waals surface area contributed by atoms with Gasteiger partial charge in [-0.15, -0.1) is 0 Å². The van der Waals surface area contributed by atoms with Gasteiger partial charge in [-0.25, -0.2) is 9.97 Å². The van der Waals surface area contributed by atoms with Gasteiger partial charge in [0.1, 0.15) is 29.7 Å². The fraction of sp³-hybridized carbons (Fsp3) is 0.100. The summed E-state index contributed by atoms with van der Waals surface area (Å²) < 4.78 is 5.28. The maximum Gasteiger partial charge on any atom is 0.270 e. The number of anilines is 2. The molecule has 27 heavy (non-hydrogen) atoms. The van der Waals surface area contributed by atoms with Gasteiger partial charge < -0.3 is 15.4 Å². The van der Waals surface area contributed by atoms with Gasteiger partial charge in [-0.2, -0.15) is 5.26 Å². The molecule has 2 N–H and O–H groups in total. The van der Waals surface area contributed by atoms with Crippen LogP contribution >= 0.6 is 0 Å². The fourth-order valence-electron chi connectivity index (χ4n) is 2.49. The Morgan fingerprint density at radius 3 is 2.74 bits per heavy atom. The number of carbonyl (C=O) groups is 1. The van der Waals surface area contributed by atoms with Crippen molar-refractivity contribution in [3.05, 3.63) is 77.7 Å². The van der Waals surface area contributed by atoms with Crippen molar-refractivity contribution in [2.75, 3.05) is 12.4 Å². The molecule has 0 aliphatic heterocycles. The molecule has 1 aromatic heterocycles. The van der Waals surface area contributed by atoms with E-state index >= 15 is 0 Å². The Hall–Kier alpha value is -3.92. The maximum absolute atomic E-state index is 12.4. The van der Waals surface area contributed by atoms with Gasteiger partial charge in [0, 0.05) is 18.2 Å². The van der Waals surface area contributed by atoms with Crippen LogP contribution in [0.1, 0.15) is 21.6 Å². The van der Waals surface area contributed by atoms with Gasteiger partial charge in [0.25, 0.3) is 5.91 Å². The lowest BCUT2D eigenvalue weighted by Crippen LogP contribution is -2.24. The van der Waals surface area contributed by atoms with Crippen molar-refractivity contribution in [3.63, 3.8) is 0 Å². The van der Waals surface area contributed by atoms with E-state index in [1.807, 2.05) is 30.3 Å². The molecule has 0 bridgehead atoms. The van der Waals surface area contributed by atoms with Crippen LogP contribution in [0.15, 0.2) is 60.9 Å². The summed E-state index contributed by atoms with van der Waals surface area (Å²) in [5.41, 5.74) is 2.18. The Morgan fingerprint density at radius 2 is 1.93 bits per heavy atom. The SMILES string of the molecule is COc1ccccc1CNC(=O)c1cc(Nc2ccccc2C#N)ncn1. The number of hydrogen-bond acceptors (Lipinski definition) is 6. The Balaban J connectivity index is 1.71. The molecule has 1 heterocycles. The van der Waals surface area contributed by atoms with E-state index in [0.717, 1.165) is 5.56 Å². The summed E-state index contributed by atoms with van der Waals surface area (Å²) in [6.45, 7) is 0.312. The second-order valence-electron chi connectivity index (χ2n) is 5.57. The number of methoxy groups -OCH3 is 1. The summed E-state index contributed by atoms with van der Waals surface area (Å²) in [6, 6.07) is 18.2. The third-order valence-corrected chi connectivity index (χ3v) is 3.84. The number of para-hydroxylation sites is 2. The third kappa shape index (κ3) is 4.38. The van der Waals surface area contributed by atoms with Crippen LogP contribution in [0.25, 0.3) is 0 Å². The van der Waals surface area contributed by atoms with Crippen LogP contribution in [-0.4, -0.2) is 23.0 Å². The minimum absolute atomic E-state index is 0.219. The zero-order valence-electron chi connectivity index (χ0n) is 14.6. The van der Waals surface area contributed by atoms with E-state index in [2.05, 4.69) is 26.7 Å². The van der Waals surface area contributed by atoms with E-state index in [-0.39, 0.29) is 11.6 Å². The first-order chi connectivity index (χ1) is 13.2. The Labute approximate surface area is 156 Å². The van der Waals surface area contributed by atoms with Crippen LogP contribution in [0.5, 0.6) is 5.75 Å². The molecule has 134 valence electrons. The van der Waals surface area contributed by atoms with Crippen molar-refractivity contribution >= 4 is 17.4 Å². The Bertz CT molecular complexity index is 997. The Morgan fingerprint density at radius 1 is 1.15 bits per heavy atom. The highest BCUT2D eigenvalue weighted by molar-refractivity contribution is 5.93. The van der Waals surface area contributed by atoms with Crippen molar-refractivity contribution in [2.45, 2.75) is 6.54 Å². The highest BCUT2D eigenvalue weighted by atomic mass is 16.5. The molecule has 0 aliphatic carbocycles. The molecule has 0 spiro atoms. The lowest BCUT2D eigenvalue weighted by atomic mass is 10.2. The summed E-state index contributed by atoms with van der Waals surface area (Å²) >= 11 is 0. The second-order valence-corrected chi connectivity index (χ2v) is 5.57. The molecule has 7 heteroatoms. The summed E-state index contributed by atoms with van der Waals surface area (Å²) in [7, 11) is 1.59. The van der Waals surface area contributed by atoms with E-state index in [1.54, 1.807) is 25.3 Å². The quantitative estimate of drug-likeness (QED) is 0.702. The zero-order chi connectivity index (χ0) is 19.1. The number of nitrogens with one attached hydrogen (secondary N) is 2. The Kier molecular flexibility index (Phi) is 5.60. The van der Waals surface area contributed by atoms with Crippen molar-refractivity contribution in [1.82, 2.24) is 15.3 Å². The minimum Gasteiger partial charge on any atom is -0.496 e. The summed E-state index contributed by atoms with van der Waals surface area (Å²) in [5, 5.41) is 15.0. The standard InChI is InChI=1S/C20H17N5O2/c1-27-18-9-5-3-7-15(18)12-22-20(26)17-10-19(24-13-23-17)25-16-8-4-2-6-14(16)11-21/h2-10,13H,12H2,1H3,(H,22,26)(H,23,24,25). The molecule has 0 saturated heterocycles. The summed E-state index contributed by atoms with van der Waals surface area (Å²) in [5.74, 6) is 0.797. The van der Waals surface area contributed by atoms with Crippen molar-refractivity contribution in [2.24, 2.45) is 0 Å². The van der Waals surface area contributed by atoms with E-state index < -0.39 is 0 Å². The monoisotopic (exact) mass is 359 g/mol. The second kappa shape index (κ2) is 8.45. The van der Waals surface area contributed by atoms with Crippen LogP contribution in [0, 0.1) is 11.3 Å². The van der Waals surface area contributed by atoms with Crippen LogP contribution in [0.2, 0.25) is 0 Å². The van der Waals surface area contributed by atoms with Crippen LogP contribution in [-0.2, 0) is 6.54 Å². The number of aromatic nitrogens is 2. The highest BCUT2D eigenvalue weighted by Crippen LogP contribution is 2.19. The minimum atomic E-state index is -0.333. The number of ether oxygens (including phenoxy) is 1. The molecule has 0 radical (unpaired) electrons. The molecule has 0 atom stereocenters. The summed E-state index contributed by atoms with van der Waals surface area (Å²) in [4.78, 5) is 20.5. The number of benzene rings is 2. The average Bonchev–Trinajstić information content (AvgIpc) is 2.72. The van der Waals surface area contributed by atoms with Crippen molar-refractivity contribution in [3.8, 4) is 11.8 Å². The van der Waals surface area contributed by atoms with Gasteiger partial charge >= 0.3 is 0 Å². The number of hydrogen-bond donors (Lipinski definition) is 2. The predicted octanol–water partition coefficient (Wildman–Crippen LogP) is 3.03.